The summed E-state index contributed by atoms with van der Waals surface area (Å²) in [4.78, 5) is 9.01. The van der Waals surface area contributed by atoms with Gasteiger partial charge in [0.2, 0.25) is 0 Å². The number of imidazole rings is 1. The lowest BCUT2D eigenvalue weighted by molar-refractivity contribution is 0.285. The summed E-state index contributed by atoms with van der Waals surface area (Å²) >= 11 is 6.06. The lowest BCUT2D eigenvalue weighted by atomic mass is 10.1. The number of methoxy groups -OCH3 is 1. The van der Waals surface area contributed by atoms with E-state index in [0.29, 0.717) is 17.6 Å². The number of halogens is 1. The predicted molar refractivity (Wildman–Crippen MR) is 120 cm³/mol. The van der Waals surface area contributed by atoms with E-state index >= 15 is 0 Å². The fourth-order valence-electron chi connectivity index (χ4n) is 3.33. The van der Waals surface area contributed by atoms with E-state index in [2.05, 4.69) is 4.98 Å². The van der Waals surface area contributed by atoms with Crippen molar-refractivity contribution in [1.29, 1.82) is 0 Å². The smallest absolute Gasteiger partial charge is 0.307 e. The van der Waals surface area contributed by atoms with Crippen LogP contribution in [0.1, 0.15) is 24.4 Å². The summed E-state index contributed by atoms with van der Waals surface area (Å²) < 4.78 is 19.2. The summed E-state index contributed by atoms with van der Waals surface area (Å²) in [6, 6.07) is 15.8. The molecule has 6 nitrogen and oxygen atoms in total. The van der Waals surface area contributed by atoms with E-state index in [0.717, 1.165) is 53.6 Å². The van der Waals surface area contributed by atoms with Crippen LogP contribution in [-0.4, -0.2) is 28.3 Å². The fourth-order valence-corrected chi connectivity index (χ4v) is 3.46. The first-order valence-corrected chi connectivity index (χ1v) is 10.6. The molecular weight excluding hydrogens is 414 g/mol. The number of para-hydroxylation sites is 2. The SMILES string of the molecule is COc1ccccc1OCCCCc1oc(-n2ccnc2C)nc1-c1ccc(Cl)cc1. The summed E-state index contributed by atoms with van der Waals surface area (Å²) in [6.45, 7) is 2.51. The number of rotatable bonds is 9. The molecule has 0 N–H and O–H groups in total. The van der Waals surface area contributed by atoms with Gasteiger partial charge in [-0.3, -0.25) is 4.57 Å². The second kappa shape index (κ2) is 9.71. The predicted octanol–water partition coefficient (Wildman–Crippen LogP) is 5.90. The van der Waals surface area contributed by atoms with Gasteiger partial charge in [0.15, 0.2) is 11.5 Å². The van der Waals surface area contributed by atoms with Gasteiger partial charge in [-0.2, -0.15) is 4.98 Å². The van der Waals surface area contributed by atoms with Crippen LogP contribution in [0, 0.1) is 6.92 Å². The Bertz CT molecular complexity index is 1140. The van der Waals surface area contributed by atoms with E-state index < -0.39 is 0 Å². The van der Waals surface area contributed by atoms with E-state index in [1.165, 1.54) is 0 Å². The molecule has 0 saturated heterocycles. The summed E-state index contributed by atoms with van der Waals surface area (Å²) in [5.74, 6) is 3.15. The monoisotopic (exact) mass is 437 g/mol. The van der Waals surface area contributed by atoms with Crippen molar-refractivity contribution in [2.75, 3.05) is 13.7 Å². The number of unbranched alkanes of at least 4 members (excludes halogenated alkanes) is 1. The van der Waals surface area contributed by atoms with Crippen molar-refractivity contribution >= 4 is 11.6 Å². The Hall–Kier alpha value is -3.25. The lowest BCUT2D eigenvalue weighted by Gasteiger charge is -2.10. The molecule has 7 heteroatoms. The molecule has 0 aliphatic rings. The number of aryl methyl sites for hydroxylation is 2. The number of aromatic nitrogens is 3. The Balaban J connectivity index is 1.46. The maximum Gasteiger partial charge on any atom is 0.307 e. The quantitative estimate of drug-likeness (QED) is 0.305. The molecule has 4 aromatic rings. The van der Waals surface area contributed by atoms with Gasteiger partial charge in [-0.05, 0) is 44.0 Å². The maximum absolute atomic E-state index is 6.14. The van der Waals surface area contributed by atoms with Crippen LogP contribution >= 0.6 is 11.6 Å². The van der Waals surface area contributed by atoms with Crippen molar-refractivity contribution in [3.8, 4) is 28.8 Å². The average Bonchev–Trinajstić information content (AvgIpc) is 3.40. The highest BCUT2D eigenvalue weighted by molar-refractivity contribution is 6.30. The first-order valence-electron chi connectivity index (χ1n) is 10.2. The van der Waals surface area contributed by atoms with Crippen LogP contribution in [0.2, 0.25) is 5.02 Å². The van der Waals surface area contributed by atoms with Gasteiger partial charge in [0.25, 0.3) is 0 Å². The molecule has 2 heterocycles. The van der Waals surface area contributed by atoms with E-state index in [1.807, 2.05) is 66.2 Å². The van der Waals surface area contributed by atoms with E-state index in [-0.39, 0.29) is 0 Å². The summed E-state index contributed by atoms with van der Waals surface area (Å²) in [5.41, 5.74) is 1.79. The molecule has 31 heavy (non-hydrogen) atoms. The van der Waals surface area contributed by atoms with Crippen LogP contribution in [-0.2, 0) is 6.42 Å². The van der Waals surface area contributed by atoms with Crippen molar-refractivity contribution in [1.82, 2.24) is 14.5 Å². The first kappa shape index (κ1) is 21.0. The minimum Gasteiger partial charge on any atom is -0.493 e. The van der Waals surface area contributed by atoms with E-state index in [1.54, 1.807) is 13.3 Å². The zero-order valence-corrected chi connectivity index (χ0v) is 18.3. The van der Waals surface area contributed by atoms with Crippen LogP contribution in [0.3, 0.4) is 0 Å². The van der Waals surface area contributed by atoms with Crippen molar-refractivity contribution in [2.45, 2.75) is 26.2 Å². The van der Waals surface area contributed by atoms with Gasteiger partial charge in [0.1, 0.15) is 17.3 Å². The normalized spacial score (nSPS) is 10.9. The summed E-state index contributed by atoms with van der Waals surface area (Å²) in [6.07, 6.45) is 6.09. The number of ether oxygens (including phenoxy) is 2. The van der Waals surface area contributed by atoms with E-state index in [9.17, 15) is 0 Å². The number of oxazole rings is 1. The Morgan fingerprint density at radius 2 is 1.81 bits per heavy atom. The number of benzene rings is 2. The molecule has 2 aromatic carbocycles. The highest BCUT2D eigenvalue weighted by Gasteiger charge is 2.17. The minimum absolute atomic E-state index is 0.514. The van der Waals surface area contributed by atoms with Crippen LogP contribution < -0.4 is 9.47 Å². The molecule has 0 bridgehead atoms. The van der Waals surface area contributed by atoms with Gasteiger partial charge in [0, 0.05) is 29.4 Å². The van der Waals surface area contributed by atoms with Gasteiger partial charge in [-0.1, -0.05) is 35.9 Å². The topological polar surface area (TPSA) is 62.3 Å². The van der Waals surface area contributed by atoms with Crippen LogP contribution in [0.15, 0.2) is 65.3 Å². The van der Waals surface area contributed by atoms with E-state index in [4.69, 9.17) is 30.5 Å². The highest BCUT2D eigenvalue weighted by atomic mass is 35.5. The Kier molecular flexibility index (Phi) is 6.57. The van der Waals surface area contributed by atoms with Crippen LogP contribution in [0.4, 0.5) is 0 Å². The standard InChI is InChI=1S/C24H24ClN3O3/c1-17-26-14-15-28(17)24-27-23(18-10-12-19(25)13-11-18)22(31-24)9-5-6-16-30-21-8-4-3-7-20(21)29-2/h3-4,7-8,10-15H,5-6,9,16H2,1-2H3. The zero-order valence-electron chi connectivity index (χ0n) is 17.5. The number of nitrogens with zero attached hydrogens (tertiary/aromatic N) is 3. The third-order valence-corrected chi connectivity index (χ3v) is 5.21. The average molecular weight is 438 g/mol. The third-order valence-electron chi connectivity index (χ3n) is 4.96. The molecule has 0 fully saturated rings. The maximum atomic E-state index is 6.14. The molecule has 0 unspecified atom stereocenters. The van der Waals surface area contributed by atoms with Crippen LogP contribution in [0.5, 0.6) is 11.5 Å². The molecular formula is C24H24ClN3O3. The largest absolute Gasteiger partial charge is 0.493 e. The molecule has 0 aliphatic carbocycles. The van der Waals surface area contributed by atoms with Crippen molar-refractivity contribution < 1.29 is 13.9 Å². The first-order chi connectivity index (χ1) is 15.2. The summed E-state index contributed by atoms with van der Waals surface area (Å²) in [5, 5.41) is 0.688. The molecule has 2 aromatic heterocycles. The lowest BCUT2D eigenvalue weighted by Crippen LogP contribution is -2.00. The third kappa shape index (κ3) is 4.91. The van der Waals surface area contributed by atoms with Gasteiger partial charge in [0.05, 0.1) is 13.7 Å². The fraction of sp³-hybridized carbons (Fsp3) is 0.250. The Labute approximate surface area is 186 Å². The Morgan fingerprint density at radius 3 is 2.52 bits per heavy atom. The summed E-state index contributed by atoms with van der Waals surface area (Å²) in [7, 11) is 1.64. The Morgan fingerprint density at radius 1 is 1.03 bits per heavy atom. The molecule has 160 valence electrons. The number of hydrogen-bond acceptors (Lipinski definition) is 5. The van der Waals surface area contributed by atoms with Gasteiger partial charge in [-0.15, -0.1) is 0 Å². The molecule has 0 amide bonds. The minimum atomic E-state index is 0.514. The molecule has 4 rings (SSSR count). The zero-order chi connectivity index (χ0) is 21.6. The molecule has 0 spiro atoms. The van der Waals surface area contributed by atoms with Crippen molar-refractivity contribution in [3.05, 3.63) is 77.5 Å². The van der Waals surface area contributed by atoms with Crippen LogP contribution in [0.25, 0.3) is 17.3 Å². The molecule has 0 aliphatic heterocycles. The molecule has 0 radical (unpaired) electrons. The van der Waals surface area contributed by atoms with Gasteiger partial charge >= 0.3 is 6.01 Å². The van der Waals surface area contributed by atoms with Gasteiger partial charge in [-0.25, -0.2) is 4.98 Å². The second-order valence-electron chi connectivity index (χ2n) is 7.08. The van der Waals surface area contributed by atoms with Gasteiger partial charge < -0.3 is 13.9 Å². The number of hydrogen-bond donors (Lipinski definition) is 0. The molecule has 0 atom stereocenters. The van der Waals surface area contributed by atoms with Crippen molar-refractivity contribution in [3.63, 3.8) is 0 Å². The second-order valence-corrected chi connectivity index (χ2v) is 7.51. The highest BCUT2D eigenvalue weighted by Crippen LogP contribution is 2.29. The molecule has 0 saturated carbocycles. The van der Waals surface area contributed by atoms with Crippen molar-refractivity contribution in [2.24, 2.45) is 0 Å².